The highest BCUT2D eigenvalue weighted by atomic mass is 16.2. The third kappa shape index (κ3) is 4.62. The molecule has 0 radical (unpaired) electrons. The van der Waals surface area contributed by atoms with E-state index in [9.17, 15) is 9.59 Å². The van der Waals surface area contributed by atoms with Gasteiger partial charge in [0, 0.05) is 34.2 Å². The lowest BCUT2D eigenvalue weighted by Crippen LogP contribution is -2.19. The van der Waals surface area contributed by atoms with E-state index in [1.165, 1.54) is 0 Å². The number of carbonyl (C=O) groups excluding carboxylic acids is 2. The van der Waals surface area contributed by atoms with E-state index in [-0.39, 0.29) is 18.4 Å². The Labute approximate surface area is 168 Å². The number of carbonyl (C=O) groups is 2. The zero-order chi connectivity index (χ0) is 20.1. The maximum atomic E-state index is 12.5. The summed E-state index contributed by atoms with van der Waals surface area (Å²) in [6, 6.07) is 23.8. The van der Waals surface area contributed by atoms with Crippen LogP contribution in [0.4, 0.5) is 21.9 Å². The van der Waals surface area contributed by atoms with E-state index in [4.69, 9.17) is 0 Å². The molecule has 0 bridgehead atoms. The van der Waals surface area contributed by atoms with Crippen LogP contribution in [0.25, 0.3) is 10.9 Å². The van der Waals surface area contributed by atoms with Crippen LogP contribution in [0.15, 0.2) is 85.1 Å². The third-order valence-corrected chi connectivity index (χ3v) is 4.46. The van der Waals surface area contributed by atoms with Gasteiger partial charge in [-0.2, -0.15) is 0 Å². The minimum atomic E-state index is -0.349. The molecule has 1 heterocycles. The minimum absolute atomic E-state index is 0.124. The molecule has 0 aliphatic carbocycles. The number of para-hydroxylation sites is 2. The molecular formula is C23H20N4O2. The molecule has 0 saturated carbocycles. The van der Waals surface area contributed by atoms with E-state index in [1.807, 2.05) is 48.7 Å². The number of aromatic nitrogens is 1. The molecule has 0 aliphatic rings. The van der Waals surface area contributed by atoms with Gasteiger partial charge in [-0.15, -0.1) is 0 Å². The Morgan fingerprint density at radius 3 is 2.21 bits per heavy atom. The van der Waals surface area contributed by atoms with Gasteiger partial charge < -0.3 is 20.9 Å². The smallest absolute Gasteiger partial charge is 0.323 e. The molecule has 0 spiro atoms. The number of aromatic amines is 1. The number of anilines is 3. The number of H-pyrrole nitrogens is 1. The normalized spacial score (nSPS) is 10.5. The number of urea groups is 1. The number of rotatable bonds is 5. The SMILES string of the molecule is O=C(Cc1c[nH]c2ccccc12)Nc1cccc(NC(=O)Nc2ccccc2)c1. The van der Waals surface area contributed by atoms with E-state index in [1.54, 1.807) is 36.4 Å². The van der Waals surface area contributed by atoms with Crippen LogP contribution in [0.2, 0.25) is 0 Å². The van der Waals surface area contributed by atoms with Crippen molar-refractivity contribution in [3.63, 3.8) is 0 Å². The first-order valence-electron chi connectivity index (χ1n) is 9.25. The standard InChI is InChI=1S/C23H20N4O2/c28-22(13-16-15-24-21-12-5-4-11-20(16)21)25-18-9-6-10-19(14-18)27-23(29)26-17-7-2-1-3-8-17/h1-12,14-15,24H,13H2,(H,25,28)(H2,26,27,29). The van der Waals surface area contributed by atoms with Crippen molar-refractivity contribution in [1.29, 1.82) is 0 Å². The van der Waals surface area contributed by atoms with Crippen LogP contribution in [-0.2, 0) is 11.2 Å². The number of amides is 3. The molecule has 6 heteroatoms. The van der Waals surface area contributed by atoms with Crippen molar-refractivity contribution in [2.45, 2.75) is 6.42 Å². The summed E-state index contributed by atoms with van der Waals surface area (Å²) in [5, 5.41) is 9.45. The first kappa shape index (κ1) is 18.3. The average molecular weight is 384 g/mol. The predicted molar refractivity (Wildman–Crippen MR) is 116 cm³/mol. The van der Waals surface area contributed by atoms with Crippen molar-refractivity contribution >= 4 is 39.9 Å². The first-order chi connectivity index (χ1) is 14.2. The lowest BCUT2D eigenvalue weighted by atomic mass is 10.1. The summed E-state index contributed by atoms with van der Waals surface area (Å²) < 4.78 is 0. The second-order valence-electron chi connectivity index (χ2n) is 6.61. The predicted octanol–water partition coefficient (Wildman–Crippen LogP) is 4.99. The Hall–Kier alpha value is -4.06. The second kappa shape index (κ2) is 8.31. The fraction of sp³-hybridized carbons (Fsp3) is 0.0435. The molecule has 0 atom stereocenters. The molecule has 29 heavy (non-hydrogen) atoms. The van der Waals surface area contributed by atoms with Gasteiger partial charge in [-0.1, -0.05) is 42.5 Å². The molecule has 144 valence electrons. The van der Waals surface area contributed by atoms with Crippen LogP contribution in [-0.4, -0.2) is 16.9 Å². The van der Waals surface area contributed by atoms with Gasteiger partial charge in [0.1, 0.15) is 0 Å². The Morgan fingerprint density at radius 2 is 1.38 bits per heavy atom. The quantitative estimate of drug-likeness (QED) is 0.391. The number of hydrogen-bond donors (Lipinski definition) is 4. The largest absolute Gasteiger partial charge is 0.361 e. The summed E-state index contributed by atoms with van der Waals surface area (Å²) >= 11 is 0. The van der Waals surface area contributed by atoms with E-state index < -0.39 is 0 Å². The molecule has 1 aromatic heterocycles. The van der Waals surface area contributed by atoms with Gasteiger partial charge in [0.2, 0.25) is 5.91 Å². The van der Waals surface area contributed by atoms with Crippen molar-refractivity contribution in [3.8, 4) is 0 Å². The van der Waals surface area contributed by atoms with Crippen LogP contribution in [0.1, 0.15) is 5.56 Å². The molecule has 3 aromatic carbocycles. The molecular weight excluding hydrogens is 364 g/mol. The van der Waals surface area contributed by atoms with Crippen molar-refractivity contribution in [2.75, 3.05) is 16.0 Å². The molecule has 4 rings (SSSR count). The Bertz CT molecular complexity index is 1150. The lowest BCUT2D eigenvalue weighted by Gasteiger charge is -2.10. The van der Waals surface area contributed by atoms with Crippen molar-refractivity contribution < 1.29 is 9.59 Å². The minimum Gasteiger partial charge on any atom is -0.361 e. The molecule has 3 amide bonds. The summed E-state index contributed by atoms with van der Waals surface area (Å²) in [5.74, 6) is -0.124. The fourth-order valence-corrected chi connectivity index (χ4v) is 3.15. The van der Waals surface area contributed by atoms with Gasteiger partial charge in [0.15, 0.2) is 0 Å². The highest BCUT2D eigenvalue weighted by Crippen LogP contribution is 2.20. The third-order valence-electron chi connectivity index (χ3n) is 4.46. The molecule has 6 nitrogen and oxygen atoms in total. The summed E-state index contributed by atoms with van der Waals surface area (Å²) in [4.78, 5) is 27.8. The topological polar surface area (TPSA) is 86.0 Å². The average Bonchev–Trinajstić information content (AvgIpc) is 3.12. The molecule has 0 aliphatic heterocycles. The van der Waals surface area contributed by atoms with E-state index in [2.05, 4.69) is 20.9 Å². The Morgan fingerprint density at radius 1 is 0.724 bits per heavy atom. The van der Waals surface area contributed by atoms with Crippen molar-refractivity contribution in [3.05, 3.63) is 90.6 Å². The Kier molecular flexibility index (Phi) is 5.25. The van der Waals surface area contributed by atoms with Gasteiger partial charge in [-0.05, 0) is 42.0 Å². The molecule has 0 fully saturated rings. The van der Waals surface area contributed by atoms with Gasteiger partial charge >= 0.3 is 6.03 Å². The lowest BCUT2D eigenvalue weighted by molar-refractivity contribution is -0.115. The van der Waals surface area contributed by atoms with Crippen molar-refractivity contribution in [2.24, 2.45) is 0 Å². The number of fused-ring (bicyclic) bond motifs is 1. The number of nitrogens with one attached hydrogen (secondary N) is 4. The van der Waals surface area contributed by atoms with Crippen LogP contribution in [0.3, 0.4) is 0 Å². The second-order valence-corrected chi connectivity index (χ2v) is 6.61. The van der Waals surface area contributed by atoms with Crippen LogP contribution in [0.5, 0.6) is 0 Å². The van der Waals surface area contributed by atoms with Gasteiger partial charge in [-0.25, -0.2) is 4.79 Å². The van der Waals surface area contributed by atoms with E-state index >= 15 is 0 Å². The zero-order valence-corrected chi connectivity index (χ0v) is 15.6. The zero-order valence-electron chi connectivity index (χ0n) is 15.6. The highest BCUT2D eigenvalue weighted by molar-refractivity contribution is 6.01. The summed E-state index contributed by atoms with van der Waals surface area (Å²) in [6.45, 7) is 0. The molecule has 4 N–H and O–H groups in total. The van der Waals surface area contributed by atoms with Crippen LogP contribution >= 0.6 is 0 Å². The monoisotopic (exact) mass is 384 g/mol. The van der Waals surface area contributed by atoms with Gasteiger partial charge in [0.05, 0.1) is 6.42 Å². The van der Waals surface area contributed by atoms with E-state index in [0.717, 1.165) is 16.5 Å². The van der Waals surface area contributed by atoms with Gasteiger partial charge in [-0.3, -0.25) is 4.79 Å². The first-order valence-corrected chi connectivity index (χ1v) is 9.25. The summed E-state index contributed by atoms with van der Waals surface area (Å²) in [7, 11) is 0. The van der Waals surface area contributed by atoms with Crippen molar-refractivity contribution in [1.82, 2.24) is 4.98 Å². The fourth-order valence-electron chi connectivity index (χ4n) is 3.15. The molecule has 0 unspecified atom stereocenters. The maximum Gasteiger partial charge on any atom is 0.323 e. The Balaban J connectivity index is 1.38. The summed E-state index contributed by atoms with van der Waals surface area (Å²) in [6.07, 6.45) is 2.12. The van der Waals surface area contributed by atoms with E-state index in [0.29, 0.717) is 17.1 Å². The van der Waals surface area contributed by atoms with Gasteiger partial charge in [0.25, 0.3) is 0 Å². The summed E-state index contributed by atoms with van der Waals surface area (Å²) in [5.41, 5.74) is 3.85. The van der Waals surface area contributed by atoms with Crippen LogP contribution in [0, 0.1) is 0 Å². The number of hydrogen-bond acceptors (Lipinski definition) is 2. The highest BCUT2D eigenvalue weighted by Gasteiger charge is 2.10. The molecule has 0 saturated heterocycles. The maximum absolute atomic E-state index is 12.5. The molecule has 4 aromatic rings. The van der Waals surface area contributed by atoms with Crippen LogP contribution < -0.4 is 16.0 Å². The number of benzene rings is 3.